The van der Waals surface area contributed by atoms with Crippen LogP contribution >= 0.6 is 0 Å². The van der Waals surface area contributed by atoms with Crippen LogP contribution in [0.2, 0.25) is 0 Å². The molecule has 0 saturated carbocycles. The first kappa shape index (κ1) is 7.84. The highest BCUT2D eigenvalue weighted by Gasteiger charge is 2.08. The molecule has 0 unspecified atom stereocenters. The van der Waals surface area contributed by atoms with Crippen molar-refractivity contribution in [3.05, 3.63) is 17.7 Å². The van der Waals surface area contributed by atoms with E-state index in [1.165, 1.54) is 50.2 Å². The Labute approximate surface area is 73.6 Å². The number of nitrogens with zero attached hydrogens (tertiary/aromatic N) is 2. The predicted octanol–water partition coefficient (Wildman–Crippen LogP) is 2.31. The van der Waals surface area contributed by atoms with Crippen molar-refractivity contribution in [1.82, 2.24) is 9.55 Å². The van der Waals surface area contributed by atoms with Crippen LogP contribution in [0.25, 0.3) is 0 Å². The molecule has 0 radical (unpaired) electrons. The molecule has 2 heterocycles. The number of rotatable bonds is 0. The van der Waals surface area contributed by atoms with Gasteiger partial charge < -0.3 is 4.57 Å². The number of fused-ring (bicyclic) bond motifs is 1. The van der Waals surface area contributed by atoms with Crippen molar-refractivity contribution in [3.8, 4) is 0 Å². The molecule has 12 heavy (non-hydrogen) atoms. The van der Waals surface area contributed by atoms with Gasteiger partial charge in [-0.2, -0.15) is 0 Å². The number of aryl methyl sites for hydroxylation is 2. The van der Waals surface area contributed by atoms with Gasteiger partial charge in [0.2, 0.25) is 0 Å². The third-order valence-electron chi connectivity index (χ3n) is 2.67. The maximum absolute atomic E-state index is 4.42. The Kier molecular flexibility index (Phi) is 2.15. The van der Waals surface area contributed by atoms with E-state index in [1.54, 1.807) is 0 Å². The number of hydrogen-bond acceptors (Lipinski definition) is 1. The summed E-state index contributed by atoms with van der Waals surface area (Å²) in [5.41, 5.74) is 1.33. The van der Waals surface area contributed by atoms with Gasteiger partial charge in [0.25, 0.3) is 0 Å². The van der Waals surface area contributed by atoms with E-state index in [1.807, 2.05) is 6.20 Å². The minimum absolute atomic E-state index is 1.17. The molecular formula is C10H16N2. The molecule has 0 aliphatic carbocycles. The van der Waals surface area contributed by atoms with Gasteiger partial charge in [0.15, 0.2) is 0 Å². The van der Waals surface area contributed by atoms with E-state index >= 15 is 0 Å². The van der Waals surface area contributed by atoms with Gasteiger partial charge in [-0.15, -0.1) is 0 Å². The molecule has 0 spiro atoms. The fourth-order valence-electron chi connectivity index (χ4n) is 1.92. The standard InChI is InChI=1S/C10H16N2/c1-9-8-11-10-6-4-2-3-5-7-12(9)10/h8H,2-7H2,1H3. The van der Waals surface area contributed by atoms with Gasteiger partial charge in [-0.1, -0.05) is 12.8 Å². The van der Waals surface area contributed by atoms with E-state index in [9.17, 15) is 0 Å². The number of aromatic nitrogens is 2. The lowest BCUT2D eigenvalue weighted by Gasteiger charge is -2.12. The molecule has 0 saturated heterocycles. The van der Waals surface area contributed by atoms with Gasteiger partial charge in [0.1, 0.15) is 5.82 Å². The quantitative estimate of drug-likeness (QED) is 0.575. The van der Waals surface area contributed by atoms with Gasteiger partial charge in [-0.25, -0.2) is 4.98 Å². The lowest BCUT2D eigenvalue weighted by atomic mass is 10.1. The smallest absolute Gasteiger partial charge is 0.108 e. The fraction of sp³-hybridized carbons (Fsp3) is 0.700. The van der Waals surface area contributed by atoms with E-state index in [0.29, 0.717) is 0 Å². The average molecular weight is 164 g/mol. The van der Waals surface area contributed by atoms with E-state index in [4.69, 9.17) is 0 Å². The lowest BCUT2D eigenvalue weighted by Crippen LogP contribution is -2.08. The monoisotopic (exact) mass is 164 g/mol. The van der Waals surface area contributed by atoms with Crippen molar-refractivity contribution in [1.29, 1.82) is 0 Å². The fourth-order valence-corrected chi connectivity index (χ4v) is 1.92. The van der Waals surface area contributed by atoms with Crippen molar-refractivity contribution < 1.29 is 0 Å². The summed E-state index contributed by atoms with van der Waals surface area (Å²) < 4.78 is 2.37. The molecule has 66 valence electrons. The maximum Gasteiger partial charge on any atom is 0.108 e. The van der Waals surface area contributed by atoms with Crippen LogP contribution in [0.5, 0.6) is 0 Å². The van der Waals surface area contributed by atoms with Crippen molar-refractivity contribution in [2.75, 3.05) is 0 Å². The Balaban J connectivity index is 2.26. The van der Waals surface area contributed by atoms with Gasteiger partial charge in [-0.05, 0) is 19.8 Å². The van der Waals surface area contributed by atoms with E-state index in [-0.39, 0.29) is 0 Å². The molecule has 0 amide bonds. The van der Waals surface area contributed by atoms with E-state index < -0.39 is 0 Å². The molecule has 0 atom stereocenters. The topological polar surface area (TPSA) is 17.8 Å². The van der Waals surface area contributed by atoms with Crippen LogP contribution in [0.3, 0.4) is 0 Å². The second-order valence-corrected chi connectivity index (χ2v) is 3.63. The normalized spacial score (nSPS) is 18.1. The summed E-state index contributed by atoms with van der Waals surface area (Å²) in [7, 11) is 0. The summed E-state index contributed by atoms with van der Waals surface area (Å²) in [4.78, 5) is 4.42. The van der Waals surface area contributed by atoms with Gasteiger partial charge >= 0.3 is 0 Å². The number of imidazole rings is 1. The van der Waals surface area contributed by atoms with E-state index in [2.05, 4.69) is 16.5 Å². The molecule has 1 aromatic heterocycles. The van der Waals surface area contributed by atoms with Crippen LogP contribution in [-0.2, 0) is 13.0 Å². The van der Waals surface area contributed by atoms with Crippen molar-refractivity contribution in [2.24, 2.45) is 0 Å². The Morgan fingerprint density at radius 3 is 3.00 bits per heavy atom. The molecule has 0 N–H and O–H groups in total. The van der Waals surface area contributed by atoms with Crippen LogP contribution in [0.15, 0.2) is 6.20 Å². The summed E-state index contributed by atoms with van der Waals surface area (Å²) in [5, 5.41) is 0. The van der Waals surface area contributed by atoms with Crippen molar-refractivity contribution in [2.45, 2.75) is 45.6 Å². The van der Waals surface area contributed by atoms with Gasteiger partial charge in [0, 0.05) is 24.9 Å². The van der Waals surface area contributed by atoms with Crippen LogP contribution < -0.4 is 0 Å². The molecule has 1 aromatic rings. The maximum atomic E-state index is 4.42. The minimum Gasteiger partial charge on any atom is -0.332 e. The molecule has 2 heteroatoms. The Morgan fingerprint density at radius 1 is 1.25 bits per heavy atom. The zero-order valence-corrected chi connectivity index (χ0v) is 7.71. The lowest BCUT2D eigenvalue weighted by molar-refractivity contribution is 0.510. The number of hydrogen-bond donors (Lipinski definition) is 0. The third kappa shape index (κ3) is 1.38. The minimum atomic E-state index is 1.17. The second kappa shape index (κ2) is 3.30. The summed E-state index contributed by atoms with van der Waals surface area (Å²) >= 11 is 0. The van der Waals surface area contributed by atoms with Crippen LogP contribution in [0.1, 0.15) is 37.2 Å². The van der Waals surface area contributed by atoms with Crippen LogP contribution in [0.4, 0.5) is 0 Å². The summed E-state index contributed by atoms with van der Waals surface area (Å²) in [6.45, 7) is 3.33. The SMILES string of the molecule is Cc1cnc2n1CCCCCC2. The predicted molar refractivity (Wildman–Crippen MR) is 49.1 cm³/mol. The third-order valence-corrected chi connectivity index (χ3v) is 2.67. The largest absolute Gasteiger partial charge is 0.332 e. The van der Waals surface area contributed by atoms with Gasteiger partial charge in [0.05, 0.1) is 0 Å². The first-order chi connectivity index (χ1) is 5.88. The molecule has 2 rings (SSSR count). The Hall–Kier alpha value is -0.790. The van der Waals surface area contributed by atoms with Crippen molar-refractivity contribution >= 4 is 0 Å². The highest BCUT2D eigenvalue weighted by molar-refractivity contribution is 5.03. The molecular weight excluding hydrogens is 148 g/mol. The second-order valence-electron chi connectivity index (χ2n) is 3.63. The molecule has 0 aromatic carbocycles. The molecule has 1 aliphatic rings. The first-order valence-corrected chi connectivity index (χ1v) is 4.89. The molecule has 0 bridgehead atoms. The average Bonchev–Trinajstić information content (AvgIpc) is 2.31. The Bertz CT molecular complexity index is 263. The van der Waals surface area contributed by atoms with Crippen LogP contribution in [-0.4, -0.2) is 9.55 Å². The van der Waals surface area contributed by atoms with Gasteiger partial charge in [-0.3, -0.25) is 0 Å². The Morgan fingerprint density at radius 2 is 2.08 bits per heavy atom. The summed E-state index contributed by atoms with van der Waals surface area (Å²) in [6.07, 6.45) is 8.58. The molecule has 0 fully saturated rings. The highest BCUT2D eigenvalue weighted by Crippen LogP contribution is 2.14. The molecule has 2 nitrogen and oxygen atoms in total. The van der Waals surface area contributed by atoms with Crippen LogP contribution in [0, 0.1) is 6.92 Å². The van der Waals surface area contributed by atoms with E-state index in [0.717, 1.165) is 0 Å². The zero-order valence-electron chi connectivity index (χ0n) is 7.71. The molecule has 1 aliphatic heterocycles. The van der Waals surface area contributed by atoms with Crippen molar-refractivity contribution in [3.63, 3.8) is 0 Å². The first-order valence-electron chi connectivity index (χ1n) is 4.89. The summed E-state index contributed by atoms with van der Waals surface area (Å²) in [5.74, 6) is 1.30. The zero-order chi connectivity index (χ0) is 8.39. The summed E-state index contributed by atoms with van der Waals surface area (Å²) in [6, 6.07) is 0. The highest BCUT2D eigenvalue weighted by atomic mass is 15.1.